The molecule has 0 saturated carbocycles. The van der Waals surface area contributed by atoms with Crippen LogP contribution in [0, 0.1) is 0 Å². The Balaban J connectivity index is 1.89. The van der Waals surface area contributed by atoms with Crippen molar-refractivity contribution in [3.63, 3.8) is 0 Å². The molecule has 2 aromatic heterocycles. The Hall–Kier alpha value is -3.81. The molecule has 30 heavy (non-hydrogen) atoms. The fourth-order valence-electron chi connectivity index (χ4n) is 3.19. The predicted molar refractivity (Wildman–Crippen MR) is 111 cm³/mol. The first-order valence-corrected chi connectivity index (χ1v) is 9.12. The van der Waals surface area contributed by atoms with Gasteiger partial charge >= 0.3 is 6.61 Å². The Morgan fingerprint density at radius 3 is 2.50 bits per heavy atom. The van der Waals surface area contributed by atoms with Crippen molar-refractivity contribution < 1.29 is 18.3 Å². The summed E-state index contributed by atoms with van der Waals surface area (Å²) >= 11 is 0. The third-order valence-electron chi connectivity index (χ3n) is 4.53. The number of hydrogen-bond donors (Lipinski definition) is 1. The summed E-state index contributed by atoms with van der Waals surface area (Å²) in [5, 5.41) is 3.83. The van der Waals surface area contributed by atoms with Crippen LogP contribution in [-0.2, 0) is 0 Å². The number of hydrogen-bond acceptors (Lipinski definition) is 6. The Morgan fingerprint density at radius 1 is 0.967 bits per heavy atom. The third-order valence-corrected chi connectivity index (χ3v) is 4.53. The number of methoxy groups -OCH3 is 1. The van der Waals surface area contributed by atoms with Crippen LogP contribution in [0.1, 0.15) is 0 Å². The van der Waals surface area contributed by atoms with Crippen LogP contribution < -0.4 is 14.8 Å². The highest BCUT2D eigenvalue weighted by atomic mass is 19.3. The molecular formula is C22H18F2N4O2. The van der Waals surface area contributed by atoms with E-state index >= 15 is 0 Å². The molecule has 0 aliphatic rings. The largest absolute Gasteiger partial charge is 0.494 e. The normalized spacial score (nSPS) is 11.0. The molecular weight excluding hydrogens is 390 g/mol. The molecule has 0 bridgehead atoms. The van der Waals surface area contributed by atoms with Crippen molar-refractivity contribution in [2.75, 3.05) is 19.5 Å². The molecule has 152 valence electrons. The smallest absolute Gasteiger partial charge is 0.387 e. The Labute approximate surface area is 171 Å². The van der Waals surface area contributed by atoms with Gasteiger partial charge < -0.3 is 14.8 Å². The average molecular weight is 408 g/mol. The van der Waals surface area contributed by atoms with Gasteiger partial charge in [0.1, 0.15) is 22.8 Å². The SMILES string of the molecule is CNc1nc(-c2cccnc2)nc2c(OC)cc(-c3cccc(OC(F)F)c3)cc12. The molecule has 2 aromatic carbocycles. The van der Waals surface area contributed by atoms with Gasteiger partial charge in [-0.25, -0.2) is 9.97 Å². The maximum absolute atomic E-state index is 12.6. The minimum Gasteiger partial charge on any atom is -0.494 e. The molecule has 0 aliphatic heterocycles. The predicted octanol–water partition coefficient (Wildman–Crippen LogP) is 5.01. The van der Waals surface area contributed by atoms with Gasteiger partial charge in [0.15, 0.2) is 5.82 Å². The zero-order chi connectivity index (χ0) is 21.1. The topological polar surface area (TPSA) is 69.2 Å². The third kappa shape index (κ3) is 3.84. The molecule has 0 spiro atoms. The van der Waals surface area contributed by atoms with E-state index in [0.29, 0.717) is 28.5 Å². The number of aromatic nitrogens is 3. The summed E-state index contributed by atoms with van der Waals surface area (Å²) in [5.41, 5.74) is 2.86. The number of alkyl halides is 2. The lowest BCUT2D eigenvalue weighted by Gasteiger charge is -2.14. The highest BCUT2D eigenvalue weighted by Gasteiger charge is 2.15. The van der Waals surface area contributed by atoms with Crippen LogP contribution in [0.4, 0.5) is 14.6 Å². The summed E-state index contributed by atoms with van der Waals surface area (Å²) < 4.78 is 35.3. The van der Waals surface area contributed by atoms with Crippen molar-refractivity contribution in [1.29, 1.82) is 0 Å². The van der Waals surface area contributed by atoms with Gasteiger partial charge in [-0.1, -0.05) is 12.1 Å². The van der Waals surface area contributed by atoms with Gasteiger partial charge in [0.2, 0.25) is 0 Å². The first-order chi connectivity index (χ1) is 14.6. The molecule has 0 unspecified atom stereocenters. The fourth-order valence-corrected chi connectivity index (χ4v) is 3.19. The zero-order valence-electron chi connectivity index (χ0n) is 16.3. The number of anilines is 1. The first-order valence-electron chi connectivity index (χ1n) is 9.12. The monoisotopic (exact) mass is 408 g/mol. The quantitative estimate of drug-likeness (QED) is 0.484. The summed E-state index contributed by atoms with van der Waals surface area (Å²) in [6.45, 7) is -2.89. The van der Waals surface area contributed by atoms with Crippen LogP contribution in [0.5, 0.6) is 11.5 Å². The highest BCUT2D eigenvalue weighted by Crippen LogP contribution is 2.36. The fraction of sp³-hybridized carbons (Fsp3) is 0.136. The molecule has 6 nitrogen and oxygen atoms in total. The maximum atomic E-state index is 12.6. The molecule has 0 amide bonds. The van der Waals surface area contributed by atoms with Gasteiger partial charge in [0, 0.05) is 30.4 Å². The van der Waals surface area contributed by atoms with Gasteiger partial charge in [-0.15, -0.1) is 0 Å². The lowest BCUT2D eigenvalue weighted by atomic mass is 10.0. The second-order valence-electron chi connectivity index (χ2n) is 6.37. The molecule has 0 atom stereocenters. The number of halogens is 2. The minimum atomic E-state index is -2.89. The Morgan fingerprint density at radius 2 is 1.80 bits per heavy atom. The van der Waals surface area contributed by atoms with E-state index in [4.69, 9.17) is 4.74 Å². The van der Waals surface area contributed by atoms with E-state index in [9.17, 15) is 8.78 Å². The van der Waals surface area contributed by atoms with E-state index in [-0.39, 0.29) is 5.75 Å². The van der Waals surface area contributed by atoms with Crippen LogP contribution in [0.15, 0.2) is 60.9 Å². The molecule has 2 heterocycles. The van der Waals surface area contributed by atoms with Crippen molar-refractivity contribution in [2.24, 2.45) is 0 Å². The van der Waals surface area contributed by atoms with Gasteiger partial charge in [-0.3, -0.25) is 4.98 Å². The number of benzene rings is 2. The molecule has 4 rings (SSSR count). The van der Waals surface area contributed by atoms with E-state index in [1.165, 1.54) is 6.07 Å². The summed E-state index contributed by atoms with van der Waals surface area (Å²) in [6, 6.07) is 13.9. The Kier molecular flexibility index (Phi) is 5.38. The second kappa shape index (κ2) is 8.28. The van der Waals surface area contributed by atoms with Gasteiger partial charge in [0.25, 0.3) is 0 Å². The van der Waals surface area contributed by atoms with E-state index < -0.39 is 6.61 Å². The summed E-state index contributed by atoms with van der Waals surface area (Å²) in [4.78, 5) is 13.4. The number of nitrogens with zero attached hydrogens (tertiary/aromatic N) is 3. The maximum Gasteiger partial charge on any atom is 0.387 e. The second-order valence-corrected chi connectivity index (χ2v) is 6.37. The van der Waals surface area contributed by atoms with Crippen molar-refractivity contribution >= 4 is 16.7 Å². The Bertz CT molecular complexity index is 1190. The van der Waals surface area contributed by atoms with E-state index in [1.807, 2.05) is 30.3 Å². The summed E-state index contributed by atoms with van der Waals surface area (Å²) in [5.74, 6) is 1.74. The molecule has 4 aromatic rings. The van der Waals surface area contributed by atoms with Gasteiger partial charge in [-0.05, 0) is 47.5 Å². The van der Waals surface area contributed by atoms with Crippen LogP contribution in [0.25, 0.3) is 33.4 Å². The minimum absolute atomic E-state index is 0.0820. The molecule has 8 heteroatoms. The van der Waals surface area contributed by atoms with Crippen LogP contribution >= 0.6 is 0 Å². The summed E-state index contributed by atoms with van der Waals surface area (Å²) in [6.07, 6.45) is 3.37. The van der Waals surface area contributed by atoms with Crippen molar-refractivity contribution in [3.05, 3.63) is 60.9 Å². The molecule has 0 radical (unpaired) electrons. The van der Waals surface area contributed by atoms with E-state index in [2.05, 4.69) is 25.0 Å². The average Bonchev–Trinajstić information content (AvgIpc) is 2.77. The lowest BCUT2D eigenvalue weighted by molar-refractivity contribution is -0.0498. The van der Waals surface area contributed by atoms with E-state index in [0.717, 1.165) is 16.5 Å². The van der Waals surface area contributed by atoms with Crippen molar-refractivity contribution in [2.45, 2.75) is 6.61 Å². The first kappa shape index (κ1) is 19.5. The highest BCUT2D eigenvalue weighted by molar-refractivity contribution is 5.97. The molecule has 1 N–H and O–H groups in total. The van der Waals surface area contributed by atoms with E-state index in [1.54, 1.807) is 38.7 Å². The van der Waals surface area contributed by atoms with Crippen molar-refractivity contribution in [3.8, 4) is 34.0 Å². The van der Waals surface area contributed by atoms with Crippen LogP contribution in [-0.4, -0.2) is 35.7 Å². The zero-order valence-corrected chi connectivity index (χ0v) is 16.3. The number of pyridine rings is 1. The standard InChI is InChI=1S/C22H18F2N4O2/c1-25-21-17-10-15(13-5-3-7-16(9-13)30-22(23)24)11-18(29-2)19(17)27-20(28-21)14-6-4-8-26-12-14/h3-12,22H,1-2H3,(H,25,27,28). The van der Waals surface area contributed by atoms with Crippen LogP contribution in [0.2, 0.25) is 0 Å². The summed E-state index contributed by atoms with van der Waals surface area (Å²) in [7, 11) is 3.32. The van der Waals surface area contributed by atoms with Crippen LogP contribution in [0.3, 0.4) is 0 Å². The molecule has 0 aliphatic carbocycles. The molecule has 0 saturated heterocycles. The lowest BCUT2D eigenvalue weighted by Crippen LogP contribution is -2.02. The number of fused-ring (bicyclic) bond motifs is 1. The number of rotatable bonds is 6. The number of nitrogens with one attached hydrogen (secondary N) is 1. The van der Waals surface area contributed by atoms with Gasteiger partial charge in [0.05, 0.1) is 7.11 Å². The van der Waals surface area contributed by atoms with Gasteiger partial charge in [-0.2, -0.15) is 8.78 Å². The van der Waals surface area contributed by atoms with Crippen molar-refractivity contribution in [1.82, 2.24) is 15.0 Å². The molecule has 0 fully saturated rings. The number of ether oxygens (including phenoxy) is 2.